The standard InChI is InChI=1S/C24H38O6/c1-14(25)28-18-9-10-22(5)16(21(18,3)4)8-11-23(6)17(22)12-19(29-15(2)26)24(7,30-23)20-13-27-20/h16-20H,8-13H2,1-7H3/t16-,17+,18+,19-,20+,22-,23+,24-/m1/s1. The summed E-state index contributed by atoms with van der Waals surface area (Å²) in [7, 11) is 0. The Hall–Kier alpha value is -1.14. The van der Waals surface area contributed by atoms with Gasteiger partial charge in [-0.1, -0.05) is 20.8 Å². The van der Waals surface area contributed by atoms with E-state index in [4.69, 9.17) is 18.9 Å². The third-order valence-electron chi connectivity index (χ3n) is 9.06. The maximum absolute atomic E-state index is 11.9. The number of ether oxygens (including phenoxy) is 4. The van der Waals surface area contributed by atoms with Crippen LogP contribution >= 0.6 is 0 Å². The summed E-state index contributed by atoms with van der Waals surface area (Å²) in [5, 5.41) is 0. The van der Waals surface area contributed by atoms with Gasteiger partial charge in [0.1, 0.15) is 23.9 Å². The summed E-state index contributed by atoms with van der Waals surface area (Å²) in [5.74, 6) is 0.200. The molecule has 6 nitrogen and oxygen atoms in total. The molecule has 0 N–H and O–H groups in total. The van der Waals surface area contributed by atoms with Crippen LogP contribution in [0.15, 0.2) is 0 Å². The van der Waals surface area contributed by atoms with Crippen molar-refractivity contribution in [1.82, 2.24) is 0 Å². The molecule has 4 fully saturated rings. The zero-order valence-corrected chi connectivity index (χ0v) is 19.6. The molecule has 2 saturated heterocycles. The molecule has 2 aliphatic heterocycles. The lowest BCUT2D eigenvalue weighted by Crippen LogP contribution is -2.69. The van der Waals surface area contributed by atoms with Gasteiger partial charge in [0.05, 0.1) is 12.2 Å². The van der Waals surface area contributed by atoms with Crippen LogP contribution in [0.3, 0.4) is 0 Å². The molecule has 0 radical (unpaired) electrons. The third-order valence-corrected chi connectivity index (χ3v) is 9.06. The number of fused-ring (bicyclic) bond motifs is 3. The topological polar surface area (TPSA) is 74.4 Å². The van der Waals surface area contributed by atoms with Crippen molar-refractivity contribution in [3.63, 3.8) is 0 Å². The summed E-state index contributed by atoms with van der Waals surface area (Å²) in [6.45, 7) is 14.8. The van der Waals surface area contributed by atoms with Crippen LogP contribution in [0.1, 0.15) is 80.6 Å². The second-order valence-corrected chi connectivity index (χ2v) is 11.4. The fourth-order valence-corrected chi connectivity index (χ4v) is 7.57. The Labute approximate surface area is 180 Å². The number of hydrogen-bond donors (Lipinski definition) is 0. The van der Waals surface area contributed by atoms with E-state index in [1.807, 2.05) is 0 Å². The van der Waals surface area contributed by atoms with Crippen LogP contribution in [0, 0.1) is 22.7 Å². The van der Waals surface area contributed by atoms with Gasteiger partial charge in [0, 0.05) is 19.3 Å². The summed E-state index contributed by atoms with van der Waals surface area (Å²) in [5.41, 5.74) is -0.980. The van der Waals surface area contributed by atoms with E-state index in [2.05, 4.69) is 34.6 Å². The highest BCUT2D eigenvalue weighted by Gasteiger charge is 2.68. The fourth-order valence-electron chi connectivity index (χ4n) is 7.57. The lowest BCUT2D eigenvalue weighted by Gasteiger charge is -2.66. The average molecular weight is 423 g/mol. The fraction of sp³-hybridized carbons (Fsp3) is 0.917. The number of hydrogen-bond acceptors (Lipinski definition) is 6. The van der Waals surface area contributed by atoms with Gasteiger partial charge in [-0.3, -0.25) is 9.59 Å². The van der Waals surface area contributed by atoms with Crippen molar-refractivity contribution in [2.24, 2.45) is 22.7 Å². The molecule has 4 aliphatic rings. The van der Waals surface area contributed by atoms with Crippen LogP contribution < -0.4 is 0 Å². The maximum Gasteiger partial charge on any atom is 0.303 e. The number of esters is 2. The van der Waals surface area contributed by atoms with E-state index in [1.165, 1.54) is 13.8 Å². The minimum Gasteiger partial charge on any atom is -0.462 e. The SMILES string of the molecule is CC(=O)O[C@H]1CC[C@]2(C)[C@H](CC[C@]3(C)O[C@@](C)([C@@H]4CO4)[C@H](OC(C)=O)C[C@@H]23)C1(C)C. The summed E-state index contributed by atoms with van der Waals surface area (Å²) >= 11 is 0. The van der Waals surface area contributed by atoms with Gasteiger partial charge in [-0.2, -0.15) is 0 Å². The minimum atomic E-state index is -0.607. The lowest BCUT2D eigenvalue weighted by molar-refractivity contribution is -0.307. The quantitative estimate of drug-likeness (QED) is 0.505. The smallest absolute Gasteiger partial charge is 0.303 e. The van der Waals surface area contributed by atoms with Crippen LogP contribution in [-0.2, 0) is 28.5 Å². The highest BCUT2D eigenvalue weighted by Crippen LogP contribution is 2.66. The van der Waals surface area contributed by atoms with Crippen LogP contribution in [-0.4, -0.2) is 48.1 Å². The molecular weight excluding hydrogens is 384 g/mol. The van der Waals surface area contributed by atoms with E-state index in [1.54, 1.807) is 0 Å². The monoisotopic (exact) mass is 422 g/mol. The zero-order valence-electron chi connectivity index (χ0n) is 19.6. The molecule has 170 valence electrons. The Balaban J connectivity index is 1.67. The Morgan fingerprint density at radius 3 is 2.03 bits per heavy atom. The first-order valence-electron chi connectivity index (χ1n) is 11.5. The molecule has 2 aliphatic carbocycles. The van der Waals surface area contributed by atoms with Gasteiger partial charge in [-0.15, -0.1) is 0 Å². The molecule has 0 unspecified atom stereocenters. The zero-order chi connectivity index (χ0) is 22.1. The van der Waals surface area contributed by atoms with Crippen LogP contribution in [0.5, 0.6) is 0 Å². The maximum atomic E-state index is 11.9. The van der Waals surface area contributed by atoms with Crippen LogP contribution in [0.25, 0.3) is 0 Å². The largest absolute Gasteiger partial charge is 0.462 e. The molecular formula is C24H38O6. The molecule has 0 aromatic heterocycles. The van der Waals surface area contributed by atoms with Crippen LogP contribution in [0.2, 0.25) is 0 Å². The summed E-state index contributed by atoms with van der Waals surface area (Å²) in [6.07, 6.45) is 4.22. The van der Waals surface area contributed by atoms with Gasteiger partial charge in [0.2, 0.25) is 0 Å². The Morgan fingerprint density at radius 1 is 0.867 bits per heavy atom. The van der Waals surface area contributed by atoms with E-state index < -0.39 is 5.60 Å². The number of rotatable bonds is 3. The molecule has 30 heavy (non-hydrogen) atoms. The predicted octanol–water partition coefficient (Wildman–Crippen LogP) is 4.04. The van der Waals surface area contributed by atoms with Gasteiger partial charge < -0.3 is 18.9 Å². The first kappa shape index (κ1) is 22.1. The van der Waals surface area contributed by atoms with Crippen molar-refractivity contribution >= 4 is 11.9 Å². The van der Waals surface area contributed by atoms with Gasteiger partial charge in [-0.25, -0.2) is 0 Å². The van der Waals surface area contributed by atoms with E-state index >= 15 is 0 Å². The van der Waals surface area contributed by atoms with Gasteiger partial charge in [0.15, 0.2) is 0 Å². The highest BCUT2D eigenvalue weighted by molar-refractivity contribution is 5.66. The minimum absolute atomic E-state index is 0.0127. The van der Waals surface area contributed by atoms with Crippen LogP contribution in [0.4, 0.5) is 0 Å². The second-order valence-electron chi connectivity index (χ2n) is 11.4. The van der Waals surface area contributed by atoms with Gasteiger partial charge in [0.25, 0.3) is 0 Å². The van der Waals surface area contributed by atoms with Crippen molar-refractivity contribution in [2.75, 3.05) is 6.61 Å². The van der Waals surface area contributed by atoms with Crippen molar-refractivity contribution in [1.29, 1.82) is 0 Å². The van der Waals surface area contributed by atoms with Crippen molar-refractivity contribution < 1.29 is 28.5 Å². The van der Waals surface area contributed by atoms with Gasteiger partial charge in [-0.05, 0) is 63.2 Å². The molecule has 0 spiro atoms. The highest BCUT2D eigenvalue weighted by atomic mass is 16.6. The van der Waals surface area contributed by atoms with Crippen molar-refractivity contribution in [3.05, 3.63) is 0 Å². The first-order chi connectivity index (χ1) is 13.8. The molecule has 0 bridgehead atoms. The average Bonchev–Trinajstić information content (AvgIpc) is 3.44. The van der Waals surface area contributed by atoms with E-state index in [0.29, 0.717) is 12.5 Å². The molecule has 2 heterocycles. The second kappa shape index (κ2) is 6.93. The molecule has 0 aromatic carbocycles. The molecule has 0 amide bonds. The molecule has 6 heteroatoms. The Bertz CT molecular complexity index is 729. The van der Waals surface area contributed by atoms with Gasteiger partial charge >= 0.3 is 11.9 Å². The van der Waals surface area contributed by atoms with Crippen molar-refractivity contribution in [3.8, 4) is 0 Å². The predicted molar refractivity (Wildman–Crippen MR) is 111 cm³/mol. The van der Waals surface area contributed by atoms with E-state index in [-0.39, 0.29) is 52.6 Å². The first-order valence-corrected chi connectivity index (χ1v) is 11.5. The molecule has 2 saturated carbocycles. The molecule has 4 rings (SSSR count). The third kappa shape index (κ3) is 3.29. The summed E-state index contributed by atoms with van der Waals surface area (Å²) in [4.78, 5) is 23.6. The number of epoxide rings is 1. The number of carbonyl (C=O) groups is 2. The summed E-state index contributed by atoms with van der Waals surface area (Å²) in [6, 6.07) is 0. The molecule has 8 atom stereocenters. The number of carbonyl (C=O) groups excluding carboxylic acids is 2. The van der Waals surface area contributed by atoms with E-state index in [9.17, 15) is 9.59 Å². The van der Waals surface area contributed by atoms with E-state index in [0.717, 1.165) is 32.1 Å². The Kier molecular flexibility index (Phi) is 5.10. The summed E-state index contributed by atoms with van der Waals surface area (Å²) < 4.78 is 24.1. The normalized spacial score (nSPS) is 49.4. The Morgan fingerprint density at radius 2 is 1.47 bits per heavy atom. The lowest BCUT2D eigenvalue weighted by atomic mass is 9.43. The molecule has 0 aromatic rings. The van der Waals surface area contributed by atoms with Crippen molar-refractivity contribution in [2.45, 2.75) is 110 Å².